The second kappa shape index (κ2) is 5.59. The topological polar surface area (TPSA) is 87.7 Å². The summed E-state index contributed by atoms with van der Waals surface area (Å²) in [6.07, 6.45) is 1.85. The molecule has 1 aromatic heterocycles. The summed E-state index contributed by atoms with van der Waals surface area (Å²) in [7, 11) is -3.50. The molecular formula is C10H11BrN4O2S. The SMILES string of the molecule is O=S(=O)(NCCc1ncn[nH]1)c1ccccc1Br. The molecule has 0 saturated heterocycles. The van der Waals surface area contributed by atoms with E-state index in [1.807, 2.05) is 0 Å². The third-order valence-electron chi connectivity index (χ3n) is 2.24. The number of rotatable bonds is 5. The van der Waals surface area contributed by atoms with Crippen molar-refractivity contribution in [2.24, 2.45) is 0 Å². The Labute approximate surface area is 113 Å². The standard InChI is InChI=1S/C10H11BrN4O2S/c11-8-3-1-2-4-9(8)18(16,17)14-6-5-10-12-7-13-15-10/h1-4,7,14H,5-6H2,(H,12,13,15). The van der Waals surface area contributed by atoms with Crippen LogP contribution in [0.4, 0.5) is 0 Å². The van der Waals surface area contributed by atoms with Gasteiger partial charge in [-0.25, -0.2) is 18.1 Å². The molecule has 0 amide bonds. The van der Waals surface area contributed by atoms with Gasteiger partial charge in [0.15, 0.2) is 0 Å². The maximum atomic E-state index is 12.0. The molecule has 8 heteroatoms. The lowest BCUT2D eigenvalue weighted by atomic mass is 10.4. The second-order valence-electron chi connectivity index (χ2n) is 3.51. The van der Waals surface area contributed by atoms with Gasteiger partial charge in [-0.1, -0.05) is 12.1 Å². The molecule has 1 heterocycles. The van der Waals surface area contributed by atoms with Crippen molar-refractivity contribution in [3.63, 3.8) is 0 Å². The lowest BCUT2D eigenvalue weighted by Gasteiger charge is -2.07. The number of nitrogens with zero attached hydrogens (tertiary/aromatic N) is 2. The van der Waals surface area contributed by atoms with E-state index >= 15 is 0 Å². The summed E-state index contributed by atoms with van der Waals surface area (Å²) in [5, 5.41) is 6.36. The second-order valence-corrected chi connectivity index (χ2v) is 6.10. The van der Waals surface area contributed by atoms with Crippen LogP contribution in [0.25, 0.3) is 0 Å². The van der Waals surface area contributed by atoms with Gasteiger partial charge in [0.1, 0.15) is 12.2 Å². The highest BCUT2D eigenvalue weighted by molar-refractivity contribution is 9.10. The normalized spacial score (nSPS) is 11.6. The lowest BCUT2D eigenvalue weighted by molar-refractivity contribution is 0.580. The number of H-pyrrole nitrogens is 1. The molecule has 0 aliphatic rings. The van der Waals surface area contributed by atoms with Crippen LogP contribution >= 0.6 is 15.9 Å². The smallest absolute Gasteiger partial charge is 0.241 e. The molecule has 0 radical (unpaired) electrons. The molecule has 0 fully saturated rings. The van der Waals surface area contributed by atoms with Crippen LogP contribution < -0.4 is 4.72 Å². The third kappa shape index (κ3) is 3.15. The lowest BCUT2D eigenvalue weighted by Crippen LogP contribution is -2.26. The van der Waals surface area contributed by atoms with Crippen LogP contribution in [0.15, 0.2) is 40.0 Å². The number of aromatic amines is 1. The Hall–Kier alpha value is -1.25. The zero-order chi connectivity index (χ0) is 13.0. The summed E-state index contributed by atoms with van der Waals surface area (Å²) < 4.78 is 27.0. The van der Waals surface area contributed by atoms with Crippen LogP contribution in [0.5, 0.6) is 0 Å². The molecule has 96 valence electrons. The molecule has 0 aliphatic carbocycles. The van der Waals surface area contributed by atoms with Gasteiger partial charge in [0.2, 0.25) is 10.0 Å². The number of sulfonamides is 1. The van der Waals surface area contributed by atoms with Crippen LogP contribution in [0.2, 0.25) is 0 Å². The number of nitrogens with one attached hydrogen (secondary N) is 2. The Balaban J connectivity index is 2.02. The Kier molecular flexibility index (Phi) is 4.10. The number of halogens is 1. The van der Waals surface area contributed by atoms with E-state index in [1.54, 1.807) is 24.3 Å². The Morgan fingerprint density at radius 1 is 1.33 bits per heavy atom. The van der Waals surface area contributed by atoms with Gasteiger partial charge in [0.25, 0.3) is 0 Å². The first-order valence-electron chi connectivity index (χ1n) is 5.18. The molecule has 0 bridgehead atoms. The highest BCUT2D eigenvalue weighted by Crippen LogP contribution is 2.20. The maximum Gasteiger partial charge on any atom is 0.241 e. The van der Waals surface area contributed by atoms with Crippen molar-refractivity contribution in [1.29, 1.82) is 0 Å². The van der Waals surface area contributed by atoms with Crippen molar-refractivity contribution < 1.29 is 8.42 Å². The predicted molar refractivity (Wildman–Crippen MR) is 69.4 cm³/mol. The summed E-state index contributed by atoms with van der Waals surface area (Å²) in [5.74, 6) is 0.643. The molecule has 18 heavy (non-hydrogen) atoms. The van der Waals surface area contributed by atoms with Gasteiger partial charge in [-0.3, -0.25) is 5.10 Å². The highest BCUT2D eigenvalue weighted by Gasteiger charge is 2.16. The molecule has 2 rings (SSSR count). The number of hydrogen-bond acceptors (Lipinski definition) is 4. The average Bonchev–Trinajstić information content (AvgIpc) is 2.82. The first-order chi connectivity index (χ1) is 8.59. The fourth-order valence-corrected chi connectivity index (χ4v) is 3.43. The molecule has 0 unspecified atom stereocenters. The van der Waals surface area contributed by atoms with Gasteiger partial charge in [-0.05, 0) is 28.1 Å². The van der Waals surface area contributed by atoms with Crippen LogP contribution in [0.3, 0.4) is 0 Å². The quantitative estimate of drug-likeness (QED) is 0.858. The summed E-state index contributed by atoms with van der Waals surface area (Å²) in [6, 6.07) is 6.67. The minimum absolute atomic E-state index is 0.225. The van der Waals surface area contributed by atoms with Crippen molar-refractivity contribution in [2.75, 3.05) is 6.54 Å². The van der Waals surface area contributed by atoms with Crippen molar-refractivity contribution >= 4 is 26.0 Å². The summed E-state index contributed by atoms with van der Waals surface area (Å²) in [4.78, 5) is 4.14. The Bertz CT molecular complexity index is 613. The maximum absolute atomic E-state index is 12.0. The van der Waals surface area contributed by atoms with E-state index in [0.29, 0.717) is 16.7 Å². The number of hydrogen-bond donors (Lipinski definition) is 2. The van der Waals surface area contributed by atoms with Gasteiger partial charge in [0.05, 0.1) is 4.90 Å². The van der Waals surface area contributed by atoms with E-state index in [4.69, 9.17) is 0 Å². The van der Waals surface area contributed by atoms with Crippen LogP contribution in [0, 0.1) is 0 Å². The van der Waals surface area contributed by atoms with Crippen LogP contribution in [-0.4, -0.2) is 30.1 Å². The van der Waals surface area contributed by atoms with E-state index in [2.05, 4.69) is 35.8 Å². The van der Waals surface area contributed by atoms with Gasteiger partial charge < -0.3 is 0 Å². The van der Waals surface area contributed by atoms with Crippen molar-refractivity contribution in [1.82, 2.24) is 19.9 Å². The molecule has 1 aromatic carbocycles. The van der Waals surface area contributed by atoms with Crippen LogP contribution in [0.1, 0.15) is 5.82 Å². The minimum atomic E-state index is -3.50. The first kappa shape index (κ1) is 13.2. The van der Waals surface area contributed by atoms with Gasteiger partial charge >= 0.3 is 0 Å². The molecule has 0 spiro atoms. The number of benzene rings is 1. The highest BCUT2D eigenvalue weighted by atomic mass is 79.9. The van der Waals surface area contributed by atoms with E-state index < -0.39 is 10.0 Å². The fourth-order valence-electron chi connectivity index (χ4n) is 1.40. The molecule has 0 saturated carbocycles. The van der Waals surface area contributed by atoms with E-state index in [0.717, 1.165) is 0 Å². The van der Waals surface area contributed by atoms with Crippen LogP contribution in [-0.2, 0) is 16.4 Å². The summed E-state index contributed by atoms with van der Waals surface area (Å²) in [6.45, 7) is 0.263. The molecular weight excluding hydrogens is 320 g/mol. The molecule has 2 N–H and O–H groups in total. The van der Waals surface area contributed by atoms with E-state index in [1.165, 1.54) is 6.33 Å². The molecule has 0 atom stereocenters. The third-order valence-corrected chi connectivity index (χ3v) is 4.72. The van der Waals surface area contributed by atoms with Gasteiger partial charge in [-0.15, -0.1) is 0 Å². The van der Waals surface area contributed by atoms with Crippen molar-refractivity contribution in [2.45, 2.75) is 11.3 Å². The van der Waals surface area contributed by atoms with E-state index in [9.17, 15) is 8.42 Å². The first-order valence-corrected chi connectivity index (χ1v) is 7.45. The summed E-state index contributed by atoms with van der Waals surface area (Å²) >= 11 is 3.22. The molecule has 6 nitrogen and oxygen atoms in total. The number of aromatic nitrogens is 3. The van der Waals surface area contributed by atoms with Crippen molar-refractivity contribution in [3.05, 3.63) is 40.9 Å². The Morgan fingerprint density at radius 3 is 2.78 bits per heavy atom. The van der Waals surface area contributed by atoms with Gasteiger partial charge in [-0.2, -0.15) is 5.10 Å². The van der Waals surface area contributed by atoms with E-state index in [-0.39, 0.29) is 11.4 Å². The Morgan fingerprint density at radius 2 is 2.11 bits per heavy atom. The fraction of sp³-hybridized carbons (Fsp3) is 0.200. The average molecular weight is 331 g/mol. The summed E-state index contributed by atoms with van der Waals surface area (Å²) in [5.41, 5.74) is 0. The predicted octanol–water partition coefficient (Wildman–Crippen LogP) is 1.09. The molecule has 0 aliphatic heterocycles. The van der Waals surface area contributed by atoms with Gasteiger partial charge in [0, 0.05) is 17.4 Å². The van der Waals surface area contributed by atoms with Crippen molar-refractivity contribution in [3.8, 4) is 0 Å². The molecule has 2 aromatic rings. The zero-order valence-corrected chi connectivity index (χ0v) is 11.7. The minimum Gasteiger partial charge on any atom is -0.263 e. The monoisotopic (exact) mass is 330 g/mol. The zero-order valence-electron chi connectivity index (χ0n) is 9.30. The largest absolute Gasteiger partial charge is 0.263 e.